The third-order valence-corrected chi connectivity index (χ3v) is 6.05. The average molecular weight is 555 g/mol. The number of hydrogen-bond donors (Lipinski definition) is 0. The lowest BCUT2D eigenvalue weighted by Gasteiger charge is -2.41. The fourth-order valence-electron chi connectivity index (χ4n) is 4.11. The molecule has 1 aliphatic rings. The summed E-state index contributed by atoms with van der Waals surface area (Å²) >= 11 is 0. The molecule has 0 saturated carbocycles. The van der Waals surface area contributed by atoms with Crippen molar-refractivity contribution in [2.75, 3.05) is 27.7 Å². The van der Waals surface area contributed by atoms with Crippen LogP contribution >= 0.6 is 0 Å². The molecule has 3 aromatic carbocycles. The Hall–Kier alpha value is -2.48. The summed E-state index contributed by atoms with van der Waals surface area (Å²) in [6.07, 6.45) is 0.942. The molecule has 3 aromatic rings. The van der Waals surface area contributed by atoms with Crippen LogP contribution in [0.3, 0.4) is 0 Å². The van der Waals surface area contributed by atoms with Crippen molar-refractivity contribution in [3.63, 3.8) is 0 Å². The van der Waals surface area contributed by atoms with Gasteiger partial charge in [0.2, 0.25) is 0 Å². The minimum Gasteiger partial charge on any atom is -1.00 e. The van der Waals surface area contributed by atoms with Gasteiger partial charge in [-0.3, -0.25) is 4.48 Å². The molecule has 0 spiro atoms. The van der Waals surface area contributed by atoms with Crippen molar-refractivity contribution in [3.8, 4) is 0 Å². The largest absolute Gasteiger partial charge is 1.00 e. The second-order valence-electron chi connectivity index (χ2n) is 9.71. The lowest BCUT2D eigenvalue weighted by atomic mass is 10.0. The third kappa shape index (κ3) is 8.02. The molecule has 0 fully saturated rings. The third-order valence-electron chi connectivity index (χ3n) is 6.05. The van der Waals surface area contributed by atoms with E-state index in [4.69, 9.17) is 18.9 Å². The average Bonchev–Trinajstić information content (AvgIpc) is 2.88. The van der Waals surface area contributed by atoms with Crippen LogP contribution < -0.4 is 17.0 Å². The SMILES string of the molecule is C[N+](C)(C)C1=CO[C@H](COCc2ccccc2)[C@@H](OCc2ccccc2)[C@@H]1OCc1ccccc1.[Br-]. The zero-order valence-electron chi connectivity index (χ0n) is 21.3. The lowest BCUT2D eigenvalue weighted by Crippen LogP contribution is -3.00. The molecule has 0 aliphatic carbocycles. The summed E-state index contributed by atoms with van der Waals surface area (Å²) in [6, 6.07) is 30.6. The van der Waals surface area contributed by atoms with Crippen LogP contribution in [-0.2, 0) is 38.8 Å². The molecule has 36 heavy (non-hydrogen) atoms. The van der Waals surface area contributed by atoms with Crippen molar-refractivity contribution >= 4 is 0 Å². The molecule has 1 heterocycles. The van der Waals surface area contributed by atoms with Crippen molar-refractivity contribution in [2.24, 2.45) is 0 Å². The van der Waals surface area contributed by atoms with E-state index in [0.29, 0.717) is 30.9 Å². The van der Waals surface area contributed by atoms with Gasteiger partial charge >= 0.3 is 0 Å². The molecule has 0 aromatic heterocycles. The van der Waals surface area contributed by atoms with Gasteiger partial charge in [0.1, 0.15) is 12.4 Å². The summed E-state index contributed by atoms with van der Waals surface area (Å²) in [5.74, 6) is 0. The van der Waals surface area contributed by atoms with Crippen LogP contribution in [0.25, 0.3) is 0 Å². The van der Waals surface area contributed by atoms with Gasteiger partial charge in [-0.05, 0) is 16.7 Å². The van der Waals surface area contributed by atoms with Crippen LogP contribution in [0.2, 0.25) is 0 Å². The van der Waals surface area contributed by atoms with Crippen molar-refractivity contribution < 1.29 is 40.4 Å². The van der Waals surface area contributed by atoms with E-state index in [0.717, 1.165) is 22.4 Å². The molecular weight excluding hydrogens is 518 g/mol. The highest BCUT2D eigenvalue weighted by Crippen LogP contribution is 2.30. The van der Waals surface area contributed by atoms with Crippen LogP contribution in [0.4, 0.5) is 0 Å². The van der Waals surface area contributed by atoms with Crippen LogP contribution in [0.15, 0.2) is 103 Å². The topological polar surface area (TPSA) is 36.9 Å². The fraction of sp³-hybridized carbons (Fsp3) is 0.333. The van der Waals surface area contributed by atoms with Crippen molar-refractivity contribution in [2.45, 2.75) is 38.1 Å². The van der Waals surface area contributed by atoms with E-state index in [1.165, 1.54) is 0 Å². The minimum atomic E-state index is -0.327. The fourth-order valence-corrected chi connectivity index (χ4v) is 4.11. The number of benzene rings is 3. The summed E-state index contributed by atoms with van der Waals surface area (Å²) in [5.41, 5.74) is 4.39. The Labute approximate surface area is 225 Å². The Balaban J connectivity index is 0.00000361. The first kappa shape index (κ1) is 28.1. The van der Waals surface area contributed by atoms with Gasteiger partial charge in [0, 0.05) is 0 Å². The van der Waals surface area contributed by atoms with Crippen LogP contribution in [0.5, 0.6) is 0 Å². The zero-order chi connectivity index (χ0) is 24.5. The molecule has 0 amide bonds. The summed E-state index contributed by atoms with van der Waals surface area (Å²) in [4.78, 5) is 0. The normalized spacial score (nSPS) is 19.6. The van der Waals surface area contributed by atoms with Gasteiger partial charge in [0.25, 0.3) is 0 Å². The summed E-state index contributed by atoms with van der Waals surface area (Å²) in [5, 5.41) is 0. The molecule has 192 valence electrons. The van der Waals surface area contributed by atoms with E-state index in [2.05, 4.69) is 57.5 Å². The number of hydrogen-bond acceptors (Lipinski definition) is 4. The van der Waals surface area contributed by atoms with Crippen LogP contribution in [0, 0.1) is 0 Å². The van der Waals surface area contributed by atoms with E-state index >= 15 is 0 Å². The number of quaternary nitrogens is 1. The monoisotopic (exact) mass is 553 g/mol. The van der Waals surface area contributed by atoms with Gasteiger partial charge < -0.3 is 35.9 Å². The Morgan fingerprint density at radius 2 is 1.14 bits per heavy atom. The van der Waals surface area contributed by atoms with Gasteiger partial charge in [-0.1, -0.05) is 91.0 Å². The molecule has 0 radical (unpaired) electrons. The van der Waals surface area contributed by atoms with Gasteiger partial charge in [0.05, 0.1) is 47.6 Å². The predicted octanol–water partition coefficient (Wildman–Crippen LogP) is 2.32. The molecule has 6 heteroatoms. The Bertz CT molecular complexity index is 1050. The predicted molar refractivity (Wildman–Crippen MR) is 137 cm³/mol. The smallest absolute Gasteiger partial charge is 0.175 e. The van der Waals surface area contributed by atoms with Gasteiger partial charge in [-0.15, -0.1) is 0 Å². The molecule has 3 atom stereocenters. The van der Waals surface area contributed by atoms with Gasteiger partial charge in [0.15, 0.2) is 17.9 Å². The quantitative estimate of drug-likeness (QED) is 0.341. The minimum absolute atomic E-state index is 0. The highest BCUT2D eigenvalue weighted by Gasteiger charge is 2.44. The van der Waals surface area contributed by atoms with Gasteiger partial charge in [-0.25, -0.2) is 0 Å². The molecule has 4 rings (SSSR count). The number of halogens is 1. The molecule has 0 bridgehead atoms. The van der Waals surface area contributed by atoms with Gasteiger partial charge in [-0.2, -0.15) is 0 Å². The first-order chi connectivity index (χ1) is 17.0. The van der Waals surface area contributed by atoms with Crippen molar-refractivity contribution in [1.82, 2.24) is 0 Å². The number of likely N-dealkylation sites (N-methyl/N-ethyl adjacent to an activating group) is 1. The number of ether oxygens (including phenoxy) is 4. The lowest BCUT2D eigenvalue weighted by molar-refractivity contribution is -0.837. The zero-order valence-corrected chi connectivity index (χ0v) is 22.8. The first-order valence-corrected chi connectivity index (χ1v) is 12.1. The molecule has 5 nitrogen and oxygen atoms in total. The maximum atomic E-state index is 6.56. The van der Waals surface area contributed by atoms with E-state index in [-0.39, 0.29) is 35.3 Å². The Kier molecular flexibility index (Phi) is 10.7. The van der Waals surface area contributed by atoms with E-state index in [9.17, 15) is 0 Å². The highest BCUT2D eigenvalue weighted by molar-refractivity contribution is 5.16. The van der Waals surface area contributed by atoms with E-state index in [1.807, 2.05) is 60.9 Å². The molecule has 0 N–H and O–H groups in total. The first-order valence-electron chi connectivity index (χ1n) is 12.1. The molecule has 1 aliphatic heterocycles. The summed E-state index contributed by atoms with van der Waals surface area (Å²) in [7, 11) is 6.36. The van der Waals surface area contributed by atoms with E-state index in [1.54, 1.807) is 0 Å². The van der Waals surface area contributed by atoms with Crippen molar-refractivity contribution in [1.29, 1.82) is 0 Å². The second-order valence-corrected chi connectivity index (χ2v) is 9.71. The molecule has 0 unspecified atom stereocenters. The number of rotatable bonds is 11. The second kappa shape index (κ2) is 13.7. The maximum absolute atomic E-state index is 6.56. The summed E-state index contributed by atoms with van der Waals surface area (Å²) < 4.78 is 26.0. The van der Waals surface area contributed by atoms with Crippen LogP contribution in [0.1, 0.15) is 16.7 Å². The number of nitrogens with zero attached hydrogens (tertiary/aromatic N) is 1. The summed E-state index contributed by atoms with van der Waals surface area (Å²) in [6.45, 7) is 1.89. The Morgan fingerprint density at radius 3 is 1.64 bits per heavy atom. The Morgan fingerprint density at radius 1 is 0.667 bits per heavy atom. The standard InChI is InChI=1S/C30H36NO4.BrH/c1-31(2,3)27-22-33-28(23-32-19-24-13-7-4-8-14-24)30(35-21-26-17-11-6-12-18-26)29(27)34-20-25-15-9-5-10-16-25;/h4-18,22,28-30H,19-21,23H2,1-3H3;1H/q+1;/p-1/t28-,29-,30-;/m1./s1. The van der Waals surface area contributed by atoms with E-state index < -0.39 is 0 Å². The molecule has 0 saturated heterocycles. The van der Waals surface area contributed by atoms with Crippen LogP contribution in [-0.4, -0.2) is 50.5 Å². The highest BCUT2D eigenvalue weighted by atomic mass is 79.9. The van der Waals surface area contributed by atoms with Crippen molar-refractivity contribution in [3.05, 3.63) is 120 Å². The maximum Gasteiger partial charge on any atom is 0.175 e. The molecular formula is C30H36BrNO4.